The number of nitrogens with zero attached hydrogens (tertiary/aromatic N) is 1. The van der Waals surface area contributed by atoms with Gasteiger partial charge in [0.25, 0.3) is 0 Å². The van der Waals surface area contributed by atoms with Gasteiger partial charge in [-0.25, -0.2) is 4.79 Å². The molecule has 1 aliphatic heterocycles. The minimum Gasteiger partial charge on any atom is -0.444 e. The van der Waals surface area contributed by atoms with Crippen LogP contribution in [0.2, 0.25) is 0 Å². The van der Waals surface area contributed by atoms with E-state index < -0.39 is 23.5 Å². The second-order valence-corrected chi connectivity index (χ2v) is 9.30. The standard InChI is InChI=1S/C23H43N3O4/c1-6-8-10-12-14-24-20(27)18-16-26(22(29)30-23(3,4)5)17-19(18)21(28)25-15-13-11-9-7-2/h18-19H,6-17H2,1-5H3,(H,24,27)(H,25,28)/t18-,19-/m1/s1. The van der Waals surface area contributed by atoms with E-state index in [-0.39, 0.29) is 24.9 Å². The van der Waals surface area contributed by atoms with Gasteiger partial charge in [0.1, 0.15) is 5.60 Å². The Morgan fingerprint density at radius 1 is 0.800 bits per heavy atom. The zero-order valence-electron chi connectivity index (χ0n) is 19.7. The van der Waals surface area contributed by atoms with Gasteiger partial charge in [-0.2, -0.15) is 0 Å². The van der Waals surface area contributed by atoms with Crippen molar-refractivity contribution in [3.63, 3.8) is 0 Å². The molecule has 2 N–H and O–H groups in total. The normalized spacial score (nSPS) is 18.9. The van der Waals surface area contributed by atoms with Crippen LogP contribution in [0.1, 0.15) is 86.0 Å². The maximum atomic E-state index is 12.8. The van der Waals surface area contributed by atoms with E-state index >= 15 is 0 Å². The van der Waals surface area contributed by atoms with Crippen LogP contribution in [0.3, 0.4) is 0 Å². The van der Waals surface area contributed by atoms with Gasteiger partial charge in [-0.15, -0.1) is 0 Å². The lowest BCUT2D eigenvalue weighted by molar-refractivity contribution is -0.132. The molecule has 7 nitrogen and oxygen atoms in total. The molecule has 0 bridgehead atoms. The minimum absolute atomic E-state index is 0.149. The lowest BCUT2D eigenvalue weighted by atomic mass is 9.94. The van der Waals surface area contributed by atoms with E-state index in [2.05, 4.69) is 24.5 Å². The molecule has 1 fully saturated rings. The zero-order chi connectivity index (χ0) is 22.6. The van der Waals surface area contributed by atoms with E-state index in [0.717, 1.165) is 51.4 Å². The topological polar surface area (TPSA) is 87.7 Å². The Balaban J connectivity index is 2.69. The smallest absolute Gasteiger partial charge is 0.410 e. The van der Waals surface area contributed by atoms with Gasteiger partial charge < -0.3 is 20.3 Å². The number of ether oxygens (including phenoxy) is 1. The van der Waals surface area contributed by atoms with Crippen molar-refractivity contribution in [2.45, 2.75) is 91.6 Å². The highest BCUT2D eigenvalue weighted by Gasteiger charge is 2.44. The molecule has 0 aromatic rings. The van der Waals surface area contributed by atoms with E-state index in [0.29, 0.717) is 13.1 Å². The van der Waals surface area contributed by atoms with Gasteiger partial charge in [0.05, 0.1) is 11.8 Å². The second kappa shape index (κ2) is 13.5. The van der Waals surface area contributed by atoms with Crippen molar-refractivity contribution in [1.29, 1.82) is 0 Å². The van der Waals surface area contributed by atoms with Crippen molar-refractivity contribution in [3.8, 4) is 0 Å². The van der Waals surface area contributed by atoms with E-state index in [1.165, 1.54) is 4.90 Å². The first-order valence-corrected chi connectivity index (χ1v) is 11.7. The summed E-state index contributed by atoms with van der Waals surface area (Å²) in [6.07, 6.45) is 8.11. The molecule has 174 valence electrons. The first kappa shape index (κ1) is 26.2. The molecule has 7 heteroatoms. The lowest BCUT2D eigenvalue weighted by Crippen LogP contribution is -2.42. The third-order valence-corrected chi connectivity index (χ3v) is 5.30. The highest BCUT2D eigenvalue weighted by Crippen LogP contribution is 2.26. The Hall–Kier alpha value is -1.79. The molecule has 0 spiro atoms. The SMILES string of the molecule is CCCCCCNC(=O)[C@@H]1CN(C(=O)OC(C)(C)C)C[C@H]1C(=O)NCCCCCC. The molecule has 1 heterocycles. The number of nitrogens with one attached hydrogen (secondary N) is 2. The molecule has 2 atom stereocenters. The summed E-state index contributed by atoms with van der Waals surface area (Å²) in [6.45, 7) is 11.3. The fourth-order valence-electron chi connectivity index (χ4n) is 3.60. The zero-order valence-corrected chi connectivity index (χ0v) is 19.7. The summed E-state index contributed by atoms with van der Waals surface area (Å²) in [6, 6.07) is 0. The van der Waals surface area contributed by atoms with Crippen LogP contribution in [0.5, 0.6) is 0 Å². The molecule has 0 aromatic carbocycles. The van der Waals surface area contributed by atoms with Crippen LogP contribution in [0, 0.1) is 11.8 Å². The summed E-state index contributed by atoms with van der Waals surface area (Å²) in [5.74, 6) is -1.38. The van der Waals surface area contributed by atoms with Crippen molar-refractivity contribution >= 4 is 17.9 Å². The molecule has 0 aliphatic carbocycles. The van der Waals surface area contributed by atoms with E-state index in [1.54, 1.807) is 0 Å². The number of hydrogen-bond donors (Lipinski definition) is 2. The number of amides is 3. The number of rotatable bonds is 12. The van der Waals surface area contributed by atoms with Gasteiger partial charge in [-0.3, -0.25) is 9.59 Å². The third-order valence-electron chi connectivity index (χ3n) is 5.30. The van der Waals surface area contributed by atoms with Gasteiger partial charge in [-0.1, -0.05) is 52.4 Å². The number of carbonyl (C=O) groups excluding carboxylic acids is 3. The van der Waals surface area contributed by atoms with Gasteiger partial charge in [0.15, 0.2) is 0 Å². The van der Waals surface area contributed by atoms with Crippen molar-refractivity contribution in [3.05, 3.63) is 0 Å². The predicted octanol–water partition coefficient (Wildman–Crippen LogP) is 3.86. The highest BCUT2D eigenvalue weighted by molar-refractivity contribution is 5.89. The summed E-state index contributed by atoms with van der Waals surface area (Å²) >= 11 is 0. The van der Waals surface area contributed by atoms with Crippen molar-refractivity contribution in [2.24, 2.45) is 11.8 Å². The fraction of sp³-hybridized carbons (Fsp3) is 0.870. The van der Waals surface area contributed by atoms with Gasteiger partial charge >= 0.3 is 6.09 Å². The molecule has 0 saturated carbocycles. The van der Waals surface area contributed by atoms with Crippen molar-refractivity contribution in [2.75, 3.05) is 26.2 Å². The quantitative estimate of drug-likeness (QED) is 0.465. The van der Waals surface area contributed by atoms with Gasteiger partial charge in [0.2, 0.25) is 11.8 Å². The Labute approximate surface area is 182 Å². The molecular formula is C23H43N3O4. The Morgan fingerprint density at radius 3 is 1.60 bits per heavy atom. The predicted molar refractivity (Wildman–Crippen MR) is 119 cm³/mol. The Kier molecular flexibility index (Phi) is 11.8. The molecule has 1 saturated heterocycles. The van der Waals surface area contributed by atoms with E-state index in [9.17, 15) is 14.4 Å². The molecule has 0 aromatic heterocycles. The summed E-state index contributed by atoms with van der Waals surface area (Å²) in [5.41, 5.74) is -0.617. The maximum Gasteiger partial charge on any atom is 0.410 e. The molecule has 0 radical (unpaired) electrons. The van der Waals surface area contributed by atoms with Crippen LogP contribution < -0.4 is 10.6 Å². The average Bonchev–Trinajstić information content (AvgIpc) is 3.12. The number of carbonyl (C=O) groups is 3. The van der Waals surface area contributed by atoms with Crippen molar-refractivity contribution in [1.82, 2.24) is 15.5 Å². The molecule has 1 aliphatic rings. The monoisotopic (exact) mass is 425 g/mol. The van der Waals surface area contributed by atoms with E-state index in [4.69, 9.17) is 4.74 Å². The molecule has 3 amide bonds. The van der Waals surface area contributed by atoms with E-state index in [1.807, 2.05) is 20.8 Å². The van der Waals surface area contributed by atoms with Crippen LogP contribution >= 0.6 is 0 Å². The lowest BCUT2D eigenvalue weighted by Gasteiger charge is -2.24. The van der Waals surface area contributed by atoms with Crippen LogP contribution in [0.25, 0.3) is 0 Å². The first-order chi connectivity index (χ1) is 14.2. The summed E-state index contributed by atoms with van der Waals surface area (Å²) < 4.78 is 5.45. The fourth-order valence-corrected chi connectivity index (χ4v) is 3.60. The molecule has 30 heavy (non-hydrogen) atoms. The Bertz CT molecular complexity index is 511. The molecular weight excluding hydrogens is 382 g/mol. The van der Waals surface area contributed by atoms with Gasteiger partial charge in [-0.05, 0) is 33.6 Å². The van der Waals surface area contributed by atoms with Crippen LogP contribution in [0.4, 0.5) is 4.79 Å². The second-order valence-electron chi connectivity index (χ2n) is 9.30. The number of unbranched alkanes of at least 4 members (excludes halogenated alkanes) is 6. The van der Waals surface area contributed by atoms with Crippen LogP contribution in [0.15, 0.2) is 0 Å². The highest BCUT2D eigenvalue weighted by atomic mass is 16.6. The van der Waals surface area contributed by atoms with Gasteiger partial charge in [0, 0.05) is 26.2 Å². The average molecular weight is 426 g/mol. The molecule has 0 unspecified atom stereocenters. The minimum atomic E-state index is -0.617. The van der Waals surface area contributed by atoms with Crippen LogP contribution in [-0.4, -0.2) is 54.6 Å². The number of likely N-dealkylation sites (tertiary alicyclic amines) is 1. The summed E-state index contributed by atoms with van der Waals surface area (Å²) in [4.78, 5) is 39.6. The third kappa shape index (κ3) is 9.81. The van der Waals surface area contributed by atoms with Crippen molar-refractivity contribution < 1.29 is 19.1 Å². The number of hydrogen-bond acceptors (Lipinski definition) is 4. The van der Waals surface area contributed by atoms with Crippen LogP contribution in [-0.2, 0) is 14.3 Å². The Morgan fingerprint density at radius 2 is 1.23 bits per heavy atom. The molecule has 1 rings (SSSR count). The summed E-state index contributed by atoms with van der Waals surface area (Å²) in [5, 5.41) is 5.92. The maximum absolute atomic E-state index is 12.8. The first-order valence-electron chi connectivity index (χ1n) is 11.7. The largest absolute Gasteiger partial charge is 0.444 e. The summed E-state index contributed by atoms with van der Waals surface area (Å²) in [7, 11) is 0.